The second kappa shape index (κ2) is 45.4. The van der Waals surface area contributed by atoms with Crippen LogP contribution >= 0.6 is 0 Å². The van der Waals surface area contributed by atoms with Crippen molar-refractivity contribution in [3.63, 3.8) is 0 Å². The van der Waals surface area contributed by atoms with Crippen LogP contribution in [0.4, 0.5) is 0 Å². The zero-order chi connectivity index (χ0) is 44.2. The number of esters is 3. The number of hydrogen-bond donors (Lipinski definition) is 0. The van der Waals surface area contributed by atoms with Crippen molar-refractivity contribution in [2.75, 3.05) is 33.9 Å². The molecule has 0 fully saturated rings. The van der Waals surface area contributed by atoms with Crippen LogP contribution in [0.2, 0.25) is 0 Å². The van der Waals surface area contributed by atoms with E-state index in [-0.39, 0.29) is 24.0 Å². The Morgan fingerprint density at radius 1 is 0.367 bits per heavy atom. The Balaban J connectivity index is 4.10. The molecular formula is C53H103NO6. The van der Waals surface area contributed by atoms with Gasteiger partial charge in [-0.25, -0.2) is 0 Å². The maximum absolute atomic E-state index is 12.6. The summed E-state index contributed by atoms with van der Waals surface area (Å²) in [7, 11) is 4.08. The highest BCUT2D eigenvalue weighted by atomic mass is 16.5. The van der Waals surface area contributed by atoms with Crippen LogP contribution in [0.5, 0.6) is 0 Å². The van der Waals surface area contributed by atoms with Crippen molar-refractivity contribution in [3.8, 4) is 0 Å². The first kappa shape index (κ1) is 58.4. The topological polar surface area (TPSA) is 82.1 Å². The Kier molecular flexibility index (Phi) is 44.2. The first-order valence-electron chi connectivity index (χ1n) is 26.4. The standard InChI is InChI=1S/C53H103NO6/c1-7-11-34-48(35-12-8-2)38-29-31-46-58-51(55)42-27-23-19-15-17-21-25-40-50(60-53(57)44-33-45-54(5)6)41-26-22-18-16-20-24-28-43-52(56)59-47-32-30-39-49(36-13-9-3)37-14-10-4/h48-50H,7-47H2,1-6H3. The third-order valence-corrected chi connectivity index (χ3v) is 12.5. The Morgan fingerprint density at radius 3 is 1.05 bits per heavy atom. The van der Waals surface area contributed by atoms with Gasteiger partial charge in [-0.15, -0.1) is 0 Å². The number of ether oxygens (including phenoxy) is 3. The molecule has 7 nitrogen and oxygen atoms in total. The minimum Gasteiger partial charge on any atom is -0.466 e. The summed E-state index contributed by atoms with van der Waals surface area (Å²) in [6, 6.07) is 0. The van der Waals surface area contributed by atoms with E-state index in [2.05, 4.69) is 32.6 Å². The minimum absolute atomic E-state index is 0.0237. The van der Waals surface area contributed by atoms with Crippen LogP contribution in [0.1, 0.15) is 272 Å². The van der Waals surface area contributed by atoms with E-state index in [1.54, 1.807) is 0 Å². The Hall–Kier alpha value is -1.63. The van der Waals surface area contributed by atoms with Crippen LogP contribution < -0.4 is 0 Å². The number of nitrogens with zero attached hydrogens (tertiary/aromatic N) is 1. The molecule has 0 heterocycles. The lowest BCUT2D eigenvalue weighted by Crippen LogP contribution is -2.20. The average Bonchev–Trinajstić information content (AvgIpc) is 3.23. The van der Waals surface area contributed by atoms with Gasteiger partial charge in [0, 0.05) is 19.3 Å². The highest BCUT2D eigenvalue weighted by Crippen LogP contribution is 2.24. The van der Waals surface area contributed by atoms with Crippen molar-refractivity contribution >= 4 is 17.9 Å². The van der Waals surface area contributed by atoms with Crippen LogP contribution in [-0.2, 0) is 28.6 Å². The third kappa shape index (κ3) is 41.7. The lowest BCUT2D eigenvalue weighted by molar-refractivity contribution is -0.150. The van der Waals surface area contributed by atoms with Gasteiger partial charge in [0.25, 0.3) is 0 Å². The van der Waals surface area contributed by atoms with Crippen molar-refractivity contribution in [3.05, 3.63) is 0 Å². The predicted octanol–water partition coefficient (Wildman–Crippen LogP) is 15.7. The minimum atomic E-state index is -0.0455. The molecule has 0 bridgehead atoms. The molecule has 0 aliphatic heterocycles. The summed E-state index contributed by atoms with van der Waals surface area (Å²) in [6.07, 6.45) is 42.8. The van der Waals surface area contributed by atoms with Crippen molar-refractivity contribution in [2.24, 2.45) is 11.8 Å². The molecule has 0 N–H and O–H groups in total. The lowest BCUT2D eigenvalue weighted by atomic mass is 9.91. The highest BCUT2D eigenvalue weighted by Gasteiger charge is 2.15. The SMILES string of the molecule is CCCCC(CCCC)CCCCOC(=O)CCCCCCCCCC(CCCCCCCCCC(=O)OCCCCC(CCCC)CCCC)OC(=O)CCCN(C)C. The molecule has 0 aromatic rings. The van der Waals surface area contributed by atoms with Gasteiger partial charge in [0.15, 0.2) is 0 Å². The van der Waals surface area contributed by atoms with Crippen LogP contribution in [0.3, 0.4) is 0 Å². The normalized spacial score (nSPS) is 11.7. The zero-order valence-electron chi connectivity index (χ0n) is 41.1. The summed E-state index contributed by atoms with van der Waals surface area (Å²) >= 11 is 0. The van der Waals surface area contributed by atoms with E-state index in [0.717, 1.165) is 102 Å². The summed E-state index contributed by atoms with van der Waals surface area (Å²) in [5, 5.41) is 0. The van der Waals surface area contributed by atoms with Gasteiger partial charge in [0.2, 0.25) is 0 Å². The van der Waals surface area contributed by atoms with E-state index in [1.165, 1.54) is 141 Å². The van der Waals surface area contributed by atoms with Crippen molar-refractivity contribution in [1.29, 1.82) is 0 Å². The van der Waals surface area contributed by atoms with Gasteiger partial charge in [-0.2, -0.15) is 0 Å². The third-order valence-electron chi connectivity index (χ3n) is 12.5. The van der Waals surface area contributed by atoms with E-state index in [9.17, 15) is 14.4 Å². The van der Waals surface area contributed by atoms with E-state index in [4.69, 9.17) is 14.2 Å². The van der Waals surface area contributed by atoms with Crippen LogP contribution in [0.15, 0.2) is 0 Å². The predicted molar refractivity (Wildman–Crippen MR) is 255 cm³/mol. The fraction of sp³-hybridized carbons (Fsp3) is 0.943. The van der Waals surface area contributed by atoms with Crippen molar-refractivity contribution in [2.45, 2.75) is 278 Å². The molecule has 356 valence electrons. The molecule has 0 aliphatic rings. The molecular weight excluding hydrogens is 747 g/mol. The van der Waals surface area contributed by atoms with E-state index >= 15 is 0 Å². The van der Waals surface area contributed by atoms with Gasteiger partial charge in [-0.05, 0) is 103 Å². The molecule has 0 rings (SSSR count). The quantitative estimate of drug-likeness (QED) is 0.0343. The van der Waals surface area contributed by atoms with Gasteiger partial charge in [-0.3, -0.25) is 14.4 Å². The fourth-order valence-corrected chi connectivity index (χ4v) is 8.52. The van der Waals surface area contributed by atoms with Gasteiger partial charge >= 0.3 is 17.9 Å². The number of carbonyl (C=O) groups is 3. The fourth-order valence-electron chi connectivity index (χ4n) is 8.52. The number of unbranched alkanes of at least 4 members (excludes halogenated alkanes) is 18. The van der Waals surface area contributed by atoms with Crippen LogP contribution in [0, 0.1) is 11.8 Å². The van der Waals surface area contributed by atoms with Gasteiger partial charge in [0.1, 0.15) is 6.10 Å². The van der Waals surface area contributed by atoms with E-state index in [0.29, 0.717) is 32.5 Å². The first-order valence-corrected chi connectivity index (χ1v) is 26.4. The monoisotopic (exact) mass is 850 g/mol. The summed E-state index contributed by atoms with van der Waals surface area (Å²) in [4.78, 5) is 39.2. The van der Waals surface area contributed by atoms with Crippen molar-refractivity contribution < 1.29 is 28.6 Å². The smallest absolute Gasteiger partial charge is 0.306 e. The van der Waals surface area contributed by atoms with Gasteiger partial charge in [0.05, 0.1) is 13.2 Å². The van der Waals surface area contributed by atoms with Crippen molar-refractivity contribution in [1.82, 2.24) is 4.90 Å². The first-order chi connectivity index (χ1) is 29.2. The maximum atomic E-state index is 12.6. The van der Waals surface area contributed by atoms with Crippen LogP contribution in [-0.4, -0.2) is 62.8 Å². The molecule has 0 amide bonds. The highest BCUT2D eigenvalue weighted by molar-refractivity contribution is 5.70. The van der Waals surface area contributed by atoms with Crippen LogP contribution in [0.25, 0.3) is 0 Å². The number of carbonyl (C=O) groups excluding carboxylic acids is 3. The van der Waals surface area contributed by atoms with E-state index < -0.39 is 0 Å². The van der Waals surface area contributed by atoms with Gasteiger partial charge in [-0.1, -0.05) is 182 Å². The molecule has 0 radical (unpaired) electrons. The maximum Gasteiger partial charge on any atom is 0.306 e. The Bertz CT molecular complexity index is 864. The zero-order valence-corrected chi connectivity index (χ0v) is 41.1. The largest absolute Gasteiger partial charge is 0.466 e. The summed E-state index contributed by atoms with van der Waals surface area (Å²) in [5.41, 5.74) is 0. The Labute approximate surface area is 373 Å². The number of hydrogen-bond acceptors (Lipinski definition) is 7. The number of rotatable bonds is 47. The van der Waals surface area contributed by atoms with E-state index in [1.807, 2.05) is 14.1 Å². The molecule has 0 saturated heterocycles. The molecule has 0 spiro atoms. The molecule has 0 aromatic carbocycles. The molecule has 7 heteroatoms. The molecule has 60 heavy (non-hydrogen) atoms. The summed E-state index contributed by atoms with van der Waals surface area (Å²) in [5.74, 6) is 1.61. The molecule has 0 aliphatic carbocycles. The second-order valence-corrected chi connectivity index (χ2v) is 18.8. The summed E-state index contributed by atoms with van der Waals surface area (Å²) < 4.78 is 17.1. The average molecular weight is 850 g/mol. The molecule has 0 saturated carbocycles. The molecule has 0 unspecified atom stereocenters. The molecule has 0 atom stereocenters. The second-order valence-electron chi connectivity index (χ2n) is 18.8. The molecule has 0 aromatic heterocycles. The van der Waals surface area contributed by atoms with Gasteiger partial charge < -0.3 is 19.1 Å². The Morgan fingerprint density at radius 2 is 0.683 bits per heavy atom. The summed E-state index contributed by atoms with van der Waals surface area (Å²) in [6.45, 7) is 11.2. The lowest BCUT2D eigenvalue weighted by Gasteiger charge is -2.18.